The molecule has 4 nitrogen and oxygen atoms in total. The van der Waals surface area contributed by atoms with E-state index in [1.165, 1.54) is 13.6 Å². The molecular weight excluding hydrogens is 208 g/mol. The molecule has 87 valence electrons. The van der Waals surface area contributed by atoms with E-state index >= 15 is 0 Å². The van der Waals surface area contributed by atoms with E-state index in [2.05, 4.69) is 0 Å². The fourth-order valence-corrected chi connectivity index (χ4v) is 1.61. The SMILES string of the molecule is COc1cccc(C(C)(OC)O[C]=O)c1C. The van der Waals surface area contributed by atoms with Gasteiger partial charge in [0.15, 0.2) is 0 Å². The lowest BCUT2D eigenvalue weighted by atomic mass is 10.0. The summed E-state index contributed by atoms with van der Waals surface area (Å²) in [6.07, 6.45) is 0. The Balaban J connectivity index is 3.24. The molecule has 1 unspecified atom stereocenters. The Kier molecular flexibility index (Phi) is 3.90. The quantitative estimate of drug-likeness (QED) is 0.715. The molecule has 4 heteroatoms. The van der Waals surface area contributed by atoms with Crippen molar-refractivity contribution >= 4 is 6.47 Å². The molecule has 1 rings (SSSR count). The average Bonchev–Trinajstić information content (AvgIpc) is 2.29. The van der Waals surface area contributed by atoms with Gasteiger partial charge >= 0.3 is 6.47 Å². The van der Waals surface area contributed by atoms with E-state index in [9.17, 15) is 4.79 Å². The van der Waals surface area contributed by atoms with Gasteiger partial charge in [0.25, 0.3) is 0 Å². The van der Waals surface area contributed by atoms with Gasteiger partial charge in [-0.2, -0.15) is 0 Å². The molecule has 1 aromatic carbocycles. The molecule has 0 spiro atoms. The number of carbonyl (C=O) groups excluding carboxylic acids is 1. The van der Waals surface area contributed by atoms with Crippen LogP contribution in [0.15, 0.2) is 18.2 Å². The van der Waals surface area contributed by atoms with Crippen LogP contribution in [0.5, 0.6) is 5.75 Å². The monoisotopic (exact) mass is 223 g/mol. The van der Waals surface area contributed by atoms with E-state index in [4.69, 9.17) is 14.2 Å². The number of benzene rings is 1. The molecule has 0 saturated carbocycles. The van der Waals surface area contributed by atoms with Crippen LogP contribution in [0.4, 0.5) is 0 Å². The molecule has 1 atom stereocenters. The normalized spacial score (nSPS) is 14.0. The van der Waals surface area contributed by atoms with Gasteiger partial charge in [-0.15, -0.1) is 0 Å². The highest BCUT2D eigenvalue weighted by atomic mass is 16.7. The molecule has 0 fully saturated rings. The Morgan fingerprint density at radius 3 is 2.50 bits per heavy atom. The van der Waals surface area contributed by atoms with Crippen molar-refractivity contribution < 1.29 is 19.0 Å². The Hall–Kier alpha value is -1.55. The van der Waals surface area contributed by atoms with Gasteiger partial charge in [0, 0.05) is 25.2 Å². The zero-order valence-electron chi connectivity index (χ0n) is 9.87. The van der Waals surface area contributed by atoms with Crippen molar-refractivity contribution in [2.45, 2.75) is 19.6 Å². The fraction of sp³-hybridized carbons (Fsp3) is 0.417. The van der Waals surface area contributed by atoms with Gasteiger partial charge in [-0.05, 0) is 13.0 Å². The maximum absolute atomic E-state index is 10.4. The second kappa shape index (κ2) is 4.99. The minimum absolute atomic E-state index is 0.718. The molecule has 0 saturated heterocycles. The van der Waals surface area contributed by atoms with E-state index in [1.54, 1.807) is 14.0 Å². The van der Waals surface area contributed by atoms with Crippen molar-refractivity contribution in [3.63, 3.8) is 0 Å². The third kappa shape index (κ3) is 2.17. The van der Waals surface area contributed by atoms with Crippen LogP contribution >= 0.6 is 0 Å². The third-order valence-electron chi connectivity index (χ3n) is 2.62. The van der Waals surface area contributed by atoms with Crippen LogP contribution < -0.4 is 4.74 Å². The van der Waals surface area contributed by atoms with E-state index in [0.29, 0.717) is 0 Å². The number of rotatable bonds is 5. The Bertz CT molecular complexity index is 375. The molecule has 0 amide bonds. The van der Waals surface area contributed by atoms with Gasteiger partial charge in [-0.3, -0.25) is 0 Å². The first-order valence-electron chi connectivity index (χ1n) is 4.83. The van der Waals surface area contributed by atoms with Crippen molar-refractivity contribution in [3.05, 3.63) is 29.3 Å². The molecule has 0 N–H and O–H groups in total. The van der Waals surface area contributed by atoms with Crippen LogP contribution in [0.3, 0.4) is 0 Å². The molecular formula is C12H15O4. The number of hydrogen-bond donors (Lipinski definition) is 0. The van der Waals surface area contributed by atoms with Crippen LogP contribution in [0, 0.1) is 6.92 Å². The Morgan fingerprint density at radius 1 is 1.31 bits per heavy atom. The van der Waals surface area contributed by atoms with Gasteiger partial charge < -0.3 is 14.2 Å². The van der Waals surface area contributed by atoms with Crippen LogP contribution in [0.25, 0.3) is 0 Å². The molecule has 0 heterocycles. The first-order valence-corrected chi connectivity index (χ1v) is 4.83. The van der Waals surface area contributed by atoms with Crippen molar-refractivity contribution in [2.24, 2.45) is 0 Å². The van der Waals surface area contributed by atoms with Gasteiger partial charge in [0.1, 0.15) is 5.75 Å². The van der Waals surface area contributed by atoms with Gasteiger partial charge in [-0.25, -0.2) is 4.79 Å². The smallest absolute Gasteiger partial charge is 0.420 e. The summed E-state index contributed by atoms with van der Waals surface area (Å²) in [6, 6.07) is 5.46. The van der Waals surface area contributed by atoms with Crippen LogP contribution in [0.2, 0.25) is 0 Å². The van der Waals surface area contributed by atoms with E-state index in [-0.39, 0.29) is 0 Å². The summed E-state index contributed by atoms with van der Waals surface area (Å²) in [4.78, 5) is 10.4. The summed E-state index contributed by atoms with van der Waals surface area (Å²) in [5, 5.41) is 0. The van der Waals surface area contributed by atoms with Gasteiger partial charge in [0.2, 0.25) is 5.79 Å². The van der Waals surface area contributed by atoms with Gasteiger partial charge in [0.05, 0.1) is 7.11 Å². The third-order valence-corrected chi connectivity index (χ3v) is 2.62. The van der Waals surface area contributed by atoms with Gasteiger partial charge in [-0.1, -0.05) is 12.1 Å². The fourth-order valence-electron chi connectivity index (χ4n) is 1.61. The van der Waals surface area contributed by atoms with E-state index < -0.39 is 5.79 Å². The topological polar surface area (TPSA) is 44.8 Å². The van der Waals surface area contributed by atoms with Crippen LogP contribution in [-0.2, 0) is 20.1 Å². The zero-order valence-corrected chi connectivity index (χ0v) is 9.87. The maximum Gasteiger partial charge on any atom is 0.420 e. The Labute approximate surface area is 95.1 Å². The average molecular weight is 223 g/mol. The predicted octanol–water partition coefficient (Wildman–Crippen LogP) is 1.91. The van der Waals surface area contributed by atoms with Crippen LogP contribution in [-0.4, -0.2) is 20.7 Å². The molecule has 0 aromatic heterocycles. The highest BCUT2D eigenvalue weighted by molar-refractivity contribution is 5.45. The molecule has 1 radical (unpaired) electrons. The van der Waals surface area contributed by atoms with Crippen molar-refractivity contribution in [1.82, 2.24) is 0 Å². The minimum Gasteiger partial charge on any atom is -0.496 e. The molecule has 0 aliphatic carbocycles. The minimum atomic E-state index is -1.14. The standard InChI is InChI=1S/C12H15O4/c1-9-10(6-5-7-11(9)14-3)12(2,15-4)16-8-13/h5-7H,1-4H3. The lowest BCUT2D eigenvalue weighted by Crippen LogP contribution is -2.28. The molecule has 0 bridgehead atoms. The van der Waals surface area contributed by atoms with Crippen molar-refractivity contribution in [3.8, 4) is 5.75 Å². The summed E-state index contributed by atoms with van der Waals surface area (Å²) in [5.41, 5.74) is 1.60. The van der Waals surface area contributed by atoms with Crippen molar-refractivity contribution in [2.75, 3.05) is 14.2 Å². The predicted molar refractivity (Wildman–Crippen MR) is 58.9 cm³/mol. The second-order valence-corrected chi connectivity index (χ2v) is 3.47. The summed E-state index contributed by atoms with van der Waals surface area (Å²) in [7, 11) is 3.05. The number of ether oxygens (including phenoxy) is 3. The summed E-state index contributed by atoms with van der Waals surface area (Å²) < 4.78 is 15.3. The molecule has 0 aliphatic heterocycles. The zero-order chi connectivity index (χ0) is 12.2. The first kappa shape index (κ1) is 12.5. The first-order chi connectivity index (χ1) is 7.59. The summed E-state index contributed by atoms with van der Waals surface area (Å²) >= 11 is 0. The number of methoxy groups -OCH3 is 2. The van der Waals surface area contributed by atoms with Crippen molar-refractivity contribution in [1.29, 1.82) is 0 Å². The second-order valence-electron chi connectivity index (χ2n) is 3.47. The molecule has 1 aromatic rings. The van der Waals surface area contributed by atoms with E-state index in [1.807, 2.05) is 25.1 Å². The highest BCUT2D eigenvalue weighted by Crippen LogP contribution is 2.32. The molecule has 0 aliphatic rings. The lowest BCUT2D eigenvalue weighted by molar-refractivity contribution is -0.167. The summed E-state index contributed by atoms with van der Waals surface area (Å²) in [6.45, 7) is 4.93. The Morgan fingerprint density at radius 2 is 2.00 bits per heavy atom. The lowest BCUT2D eigenvalue weighted by Gasteiger charge is -2.27. The van der Waals surface area contributed by atoms with Crippen LogP contribution in [0.1, 0.15) is 18.1 Å². The maximum atomic E-state index is 10.4. The highest BCUT2D eigenvalue weighted by Gasteiger charge is 2.31. The largest absolute Gasteiger partial charge is 0.496 e. The number of hydrogen-bond acceptors (Lipinski definition) is 4. The molecule has 16 heavy (non-hydrogen) atoms. The van der Waals surface area contributed by atoms with E-state index in [0.717, 1.165) is 16.9 Å². The summed E-state index contributed by atoms with van der Waals surface area (Å²) in [5.74, 6) is -0.421.